The summed E-state index contributed by atoms with van der Waals surface area (Å²) in [6.45, 7) is 10.2. The van der Waals surface area contributed by atoms with Crippen molar-refractivity contribution >= 4 is 28.6 Å². The lowest BCUT2D eigenvalue weighted by atomic mass is 10.1. The molecule has 3 aromatic heterocycles. The summed E-state index contributed by atoms with van der Waals surface area (Å²) in [6, 6.07) is 1.77. The van der Waals surface area contributed by atoms with Crippen LogP contribution in [0.15, 0.2) is 23.3 Å². The van der Waals surface area contributed by atoms with E-state index in [1.165, 1.54) is 0 Å². The van der Waals surface area contributed by atoms with Gasteiger partial charge in [-0.3, -0.25) is 9.13 Å². The molecule has 0 radical (unpaired) electrons. The molecule has 3 aromatic rings. The summed E-state index contributed by atoms with van der Waals surface area (Å²) in [5, 5.41) is 3.14. The third kappa shape index (κ3) is 3.04. The minimum absolute atomic E-state index is 0.0686. The van der Waals surface area contributed by atoms with Gasteiger partial charge in [0.25, 0.3) is 5.82 Å². The van der Waals surface area contributed by atoms with Crippen molar-refractivity contribution in [1.82, 2.24) is 24.1 Å². The zero-order chi connectivity index (χ0) is 19.0. The maximum atomic E-state index is 12.7. The van der Waals surface area contributed by atoms with Gasteiger partial charge in [0.2, 0.25) is 5.95 Å². The molecule has 0 aromatic carbocycles. The highest BCUT2D eigenvalue weighted by Crippen LogP contribution is 2.25. The number of nitrogens with zero attached hydrogens (tertiary/aromatic N) is 6. The molecular weight excluding hydrogens is 346 g/mol. The highest BCUT2D eigenvalue weighted by molar-refractivity contribution is 5.73. The van der Waals surface area contributed by atoms with E-state index in [9.17, 15) is 4.79 Å². The van der Waals surface area contributed by atoms with Crippen LogP contribution in [0.25, 0.3) is 16.0 Å². The Morgan fingerprint density at radius 1 is 1.30 bits per heavy atom. The van der Waals surface area contributed by atoms with Crippen LogP contribution in [0.2, 0.25) is 0 Å². The van der Waals surface area contributed by atoms with Crippen LogP contribution in [0.5, 0.6) is 0 Å². The average molecular weight is 365 g/mol. The largest absolute Gasteiger partial charge is 0.381 e. The summed E-state index contributed by atoms with van der Waals surface area (Å²) in [5.74, 6) is 0.722. The second-order valence-corrected chi connectivity index (χ2v) is 6.55. The third-order valence-corrected chi connectivity index (χ3v) is 4.85. The van der Waals surface area contributed by atoms with Crippen molar-refractivity contribution in [3.05, 3.63) is 45.9 Å². The molecular formula is C18H19N7O2. The van der Waals surface area contributed by atoms with Gasteiger partial charge in [-0.1, -0.05) is 6.57 Å². The molecule has 4 rings (SSSR count). The number of imidazole rings is 1. The van der Waals surface area contributed by atoms with E-state index >= 15 is 0 Å². The highest BCUT2D eigenvalue weighted by Gasteiger charge is 2.23. The molecule has 0 aliphatic carbocycles. The van der Waals surface area contributed by atoms with Crippen molar-refractivity contribution in [1.29, 1.82) is 0 Å². The van der Waals surface area contributed by atoms with Gasteiger partial charge in [0, 0.05) is 26.3 Å². The smallest absolute Gasteiger partial charge is 0.330 e. The second kappa shape index (κ2) is 6.81. The predicted octanol–water partition coefficient (Wildman–Crippen LogP) is 2.48. The van der Waals surface area contributed by atoms with Gasteiger partial charge < -0.3 is 14.9 Å². The number of hydrogen-bond acceptors (Lipinski definition) is 6. The Hall–Kier alpha value is -3.25. The first kappa shape index (κ1) is 17.2. The minimum atomic E-state index is -0.0948. The Morgan fingerprint density at radius 2 is 2.07 bits per heavy atom. The van der Waals surface area contributed by atoms with Gasteiger partial charge in [-0.2, -0.15) is 4.98 Å². The molecule has 0 bridgehead atoms. The van der Waals surface area contributed by atoms with E-state index in [0.29, 0.717) is 36.1 Å². The molecule has 138 valence electrons. The zero-order valence-corrected chi connectivity index (χ0v) is 15.1. The van der Waals surface area contributed by atoms with Crippen LogP contribution in [-0.4, -0.2) is 37.3 Å². The van der Waals surface area contributed by atoms with E-state index in [1.807, 2.05) is 6.92 Å². The molecule has 0 saturated carbocycles. The molecule has 0 unspecified atom stereocenters. The highest BCUT2D eigenvalue weighted by atomic mass is 16.5. The average Bonchev–Trinajstić information content (AvgIpc) is 2.94. The zero-order valence-electron chi connectivity index (χ0n) is 15.1. The lowest BCUT2D eigenvalue weighted by Crippen LogP contribution is -2.30. The fraction of sp³-hybridized carbons (Fsp3) is 0.389. The van der Waals surface area contributed by atoms with Gasteiger partial charge in [-0.25, -0.2) is 9.78 Å². The first-order valence-electron chi connectivity index (χ1n) is 8.71. The van der Waals surface area contributed by atoms with E-state index in [4.69, 9.17) is 11.3 Å². The summed E-state index contributed by atoms with van der Waals surface area (Å²) >= 11 is 0. The Labute approximate surface area is 155 Å². The lowest BCUT2D eigenvalue weighted by Gasteiger charge is -2.22. The number of hydrogen-bond donors (Lipinski definition) is 1. The Kier molecular flexibility index (Phi) is 4.33. The quantitative estimate of drug-likeness (QED) is 0.717. The molecule has 1 aliphatic rings. The number of pyridine rings is 1. The molecule has 0 spiro atoms. The standard InChI is InChI=1S/C18H19N7O2/c1-11-8-15(19-2)20-9-13(11)22-17-21-10-14-16(23-17)25(18(26)24(14)3)12-4-6-27-7-5-12/h8-10,12H,4-7H2,1,3H3,(H,21,22,23). The molecule has 0 atom stereocenters. The van der Waals surface area contributed by atoms with Crippen LogP contribution < -0.4 is 11.0 Å². The first-order valence-corrected chi connectivity index (χ1v) is 8.71. The van der Waals surface area contributed by atoms with Crippen LogP contribution in [0, 0.1) is 13.5 Å². The van der Waals surface area contributed by atoms with Crippen molar-refractivity contribution < 1.29 is 4.74 Å². The number of aromatic nitrogens is 5. The maximum Gasteiger partial charge on any atom is 0.330 e. The van der Waals surface area contributed by atoms with Crippen molar-refractivity contribution in [3.63, 3.8) is 0 Å². The second-order valence-electron chi connectivity index (χ2n) is 6.55. The summed E-state index contributed by atoms with van der Waals surface area (Å²) in [7, 11) is 1.73. The van der Waals surface area contributed by atoms with Crippen molar-refractivity contribution in [2.24, 2.45) is 7.05 Å². The SMILES string of the molecule is [C-]#[N+]c1cc(C)c(Nc2ncc3c(n2)n(C2CCOCC2)c(=O)n3C)cn1. The maximum absolute atomic E-state index is 12.7. The summed E-state index contributed by atoms with van der Waals surface area (Å²) in [5.41, 5.74) is 2.79. The number of aryl methyl sites for hydroxylation is 2. The summed E-state index contributed by atoms with van der Waals surface area (Å²) in [4.78, 5) is 29.1. The first-order chi connectivity index (χ1) is 13.1. The Bertz CT molecular complexity index is 1100. The van der Waals surface area contributed by atoms with E-state index in [0.717, 1.165) is 24.1 Å². The van der Waals surface area contributed by atoms with E-state index in [-0.39, 0.29) is 11.7 Å². The lowest BCUT2D eigenvalue weighted by molar-refractivity contribution is 0.0695. The molecule has 1 aliphatic heterocycles. The van der Waals surface area contributed by atoms with E-state index in [1.54, 1.807) is 34.6 Å². The molecule has 27 heavy (non-hydrogen) atoms. The number of rotatable bonds is 3. The molecule has 4 heterocycles. The van der Waals surface area contributed by atoms with Crippen LogP contribution in [0.1, 0.15) is 24.4 Å². The van der Waals surface area contributed by atoms with Crippen molar-refractivity contribution in [3.8, 4) is 0 Å². The fourth-order valence-electron chi connectivity index (χ4n) is 3.32. The van der Waals surface area contributed by atoms with Crippen LogP contribution in [0.4, 0.5) is 17.5 Å². The monoisotopic (exact) mass is 365 g/mol. The molecule has 0 amide bonds. The topological polar surface area (TPSA) is 91.2 Å². The van der Waals surface area contributed by atoms with Gasteiger partial charge in [-0.15, -0.1) is 4.98 Å². The van der Waals surface area contributed by atoms with Gasteiger partial charge in [0.1, 0.15) is 11.7 Å². The Balaban J connectivity index is 1.75. The van der Waals surface area contributed by atoms with Crippen molar-refractivity contribution in [2.45, 2.75) is 25.8 Å². The number of anilines is 2. The molecule has 1 fully saturated rings. The van der Waals surface area contributed by atoms with Crippen molar-refractivity contribution in [2.75, 3.05) is 18.5 Å². The van der Waals surface area contributed by atoms with Gasteiger partial charge in [0.15, 0.2) is 5.65 Å². The van der Waals surface area contributed by atoms with Gasteiger partial charge in [-0.05, 0) is 31.4 Å². The van der Waals surface area contributed by atoms with Crippen LogP contribution >= 0.6 is 0 Å². The van der Waals surface area contributed by atoms with E-state index < -0.39 is 0 Å². The van der Waals surface area contributed by atoms with Crippen LogP contribution in [0.3, 0.4) is 0 Å². The van der Waals surface area contributed by atoms with Gasteiger partial charge >= 0.3 is 5.69 Å². The normalized spacial score (nSPS) is 15.0. The van der Waals surface area contributed by atoms with Crippen LogP contribution in [-0.2, 0) is 11.8 Å². The summed E-state index contributed by atoms with van der Waals surface area (Å²) in [6.07, 6.45) is 4.81. The molecule has 9 nitrogen and oxygen atoms in total. The van der Waals surface area contributed by atoms with E-state index in [2.05, 4.69) is 25.1 Å². The molecule has 9 heteroatoms. The summed E-state index contributed by atoms with van der Waals surface area (Å²) < 4.78 is 8.74. The number of fused-ring (bicyclic) bond motifs is 1. The predicted molar refractivity (Wildman–Crippen MR) is 100 cm³/mol. The third-order valence-electron chi connectivity index (χ3n) is 4.85. The fourth-order valence-corrected chi connectivity index (χ4v) is 3.32. The molecule has 1 N–H and O–H groups in total. The minimum Gasteiger partial charge on any atom is -0.381 e. The molecule has 1 saturated heterocycles. The number of ether oxygens (including phenoxy) is 1. The number of nitrogens with one attached hydrogen (secondary N) is 1. The Morgan fingerprint density at radius 3 is 2.78 bits per heavy atom. The van der Waals surface area contributed by atoms with Gasteiger partial charge in [0.05, 0.1) is 11.9 Å².